The Labute approximate surface area is 99.3 Å². The van der Waals surface area contributed by atoms with Gasteiger partial charge in [-0.15, -0.1) is 0 Å². The summed E-state index contributed by atoms with van der Waals surface area (Å²) in [5.41, 5.74) is 3.30. The molecule has 0 bridgehead atoms. The number of hydrogen-bond acceptors (Lipinski definition) is 3. The summed E-state index contributed by atoms with van der Waals surface area (Å²) in [4.78, 5) is 18.2. The van der Waals surface area contributed by atoms with Crippen molar-refractivity contribution in [3.63, 3.8) is 0 Å². The fourth-order valence-electron chi connectivity index (χ4n) is 1.98. The van der Waals surface area contributed by atoms with Crippen molar-refractivity contribution in [2.45, 2.75) is 13.8 Å². The van der Waals surface area contributed by atoms with Gasteiger partial charge in [0.2, 0.25) is 0 Å². The molecule has 2 aromatic rings. The molecule has 0 saturated carbocycles. The molecule has 0 spiro atoms. The van der Waals surface area contributed by atoms with Crippen molar-refractivity contribution < 1.29 is 4.74 Å². The van der Waals surface area contributed by atoms with Crippen LogP contribution in [0.4, 0.5) is 0 Å². The topological polar surface area (TPSA) is 55.0 Å². The van der Waals surface area contributed by atoms with Gasteiger partial charge in [-0.2, -0.15) is 0 Å². The van der Waals surface area contributed by atoms with Gasteiger partial charge >= 0.3 is 0 Å². The van der Waals surface area contributed by atoms with Gasteiger partial charge in [-0.1, -0.05) is 0 Å². The fourth-order valence-corrected chi connectivity index (χ4v) is 1.98. The molecular weight excluding hydrogens is 216 g/mol. The third-order valence-corrected chi connectivity index (χ3v) is 2.69. The van der Waals surface area contributed by atoms with Crippen molar-refractivity contribution in [1.29, 1.82) is 0 Å². The van der Waals surface area contributed by atoms with E-state index in [2.05, 4.69) is 9.97 Å². The maximum absolute atomic E-state index is 11.7. The maximum atomic E-state index is 11.7. The number of benzene rings is 1. The Morgan fingerprint density at radius 3 is 2.41 bits per heavy atom. The Bertz CT molecular complexity index is 579. The number of methoxy groups -OCH3 is 1. The van der Waals surface area contributed by atoms with Crippen LogP contribution < -0.4 is 10.3 Å². The molecule has 0 radical (unpaired) electrons. The first-order chi connectivity index (χ1) is 8.13. The number of aryl methyl sites for hydroxylation is 2. The molecule has 1 aromatic heterocycles. The second-order valence-electron chi connectivity index (χ2n) is 3.94. The van der Waals surface area contributed by atoms with Crippen molar-refractivity contribution in [1.82, 2.24) is 9.97 Å². The molecule has 88 valence electrons. The van der Waals surface area contributed by atoms with E-state index < -0.39 is 0 Å². The predicted octanol–water partition coefficient (Wildman–Crippen LogP) is 2.06. The first-order valence-electron chi connectivity index (χ1n) is 5.31. The Morgan fingerprint density at radius 1 is 1.24 bits per heavy atom. The average Bonchev–Trinajstić information content (AvgIpc) is 2.29. The van der Waals surface area contributed by atoms with Crippen molar-refractivity contribution in [2.24, 2.45) is 0 Å². The lowest BCUT2D eigenvalue weighted by Gasteiger charge is -2.10. The van der Waals surface area contributed by atoms with Gasteiger partial charge in [0.15, 0.2) is 0 Å². The molecule has 0 unspecified atom stereocenters. The van der Waals surface area contributed by atoms with Gasteiger partial charge in [-0.3, -0.25) is 4.79 Å². The lowest BCUT2D eigenvalue weighted by Crippen LogP contribution is -2.08. The molecule has 4 heteroatoms. The standard InChI is InChI=1S/C13H14N2O2/c1-8-4-10(5-9(2)12(8)17-3)11-6-14-7-15-13(11)16/h4-7H,1-3H3,(H,14,15,16). The highest BCUT2D eigenvalue weighted by atomic mass is 16.5. The van der Waals surface area contributed by atoms with E-state index in [-0.39, 0.29) is 5.56 Å². The number of nitrogens with one attached hydrogen (secondary N) is 1. The van der Waals surface area contributed by atoms with Gasteiger partial charge in [0.1, 0.15) is 5.75 Å². The summed E-state index contributed by atoms with van der Waals surface area (Å²) in [5.74, 6) is 0.856. The summed E-state index contributed by atoms with van der Waals surface area (Å²) in [6.45, 7) is 3.92. The van der Waals surface area contributed by atoms with Crippen LogP contribution in [0.1, 0.15) is 11.1 Å². The van der Waals surface area contributed by atoms with Crippen LogP contribution >= 0.6 is 0 Å². The third-order valence-electron chi connectivity index (χ3n) is 2.69. The molecule has 4 nitrogen and oxygen atoms in total. The second kappa shape index (κ2) is 4.41. The van der Waals surface area contributed by atoms with Crippen molar-refractivity contribution in [3.05, 3.63) is 46.1 Å². The van der Waals surface area contributed by atoms with E-state index in [4.69, 9.17) is 4.74 Å². The zero-order chi connectivity index (χ0) is 12.4. The van der Waals surface area contributed by atoms with E-state index in [1.807, 2.05) is 26.0 Å². The molecule has 0 aliphatic rings. The van der Waals surface area contributed by atoms with Gasteiger partial charge < -0.3 is 9.72 Å². The minimum Gasteiger partial charge on any atom is -0.496 e. The molecule has 0 saturated heterocycles. The first kappa shape index (κ1) is 11.4. The molecule has 0 aliphatic heterocycles. The van der Waals surface area contributed by atoms with E-state index in [1.165, 1.54) is 6.33 Å². The van der Waals surface area contributed by atoms with E-state index in [0.717, 1.165) is 22.4 Å². The van der Waals surface area contributed by atoms with Crippen LogP contribution in [0.25, 0.3) is 11.1 Å². The highest BCUT2D eigenvalue weighted by Crippen LogP contribution is 2.28. The fraction of sp³-hybridized carbons (Fsp3) is 0.231. The Hall–Kier alpha value is -2.10. The average molecular weight is 230 g/mol. The lowest BCUT2D eigenvalue weighted by atomic mass is 10.0. The summed E-state index contributed by atoms with van der Waals surface area (Å²) < 4.78 is 5.30. The Morgan fingerprint density at radius 2 is 1.88 bits per heavy atom. The Balaban J connectivity index is 2.63. The minimum absolute atomic E-state index is 0.135. The van der Waals surface area contributed by atoms with E-state index in [0.29, 0.717) is 5.56 Å². The van der Waals surface area contributed by atoms with Crippen LogP contribution in [-0.4, -0.2) is 17.1 Å². The van der Waals surface area contributed by atoms with E-state index in [1.54, 1.807) is 13.3 Å². The normalized spacial score (nSPS) is 10.3. The SMILES string of the molecule is COc1c(C)cc(-c2cnc[nH]c2=O)cc1C. The number of hydrogen-bond donors (Lipinski definition) is 1. The molecule has 0 amide bonds. The van der Waals surface area contributed by atoms with Gasteiger partial charge in [0, 0.05) is 6.20 Å². The predicted molar refractivity (Wildman–Crippen MR) is 66.3 cm³/mol. The number of aromatic amines is 1. The quantitative estimate of drug-likeness (QED) is 0.859. The molecule has 0 fully saturated rings. The van der Waals surface area contributed by atoms with Crippen molar-refractivity contribution in [2.75, 3.05) is 7.11 Å². The molecule has 2 rings (SSSR count). The van der Waals surface area contributed by atoms with Crippen LogP contribution in [-0.2, 0) is 0 Å². The van der Waals surface area contributed by atoms with Crippen LogP contribution in [0.3, 0.4) is 0 Å². The number of H-pyrrole nitrogens is 1. The molecule has 1 heterocycles. The zero-order valence-electron chi connectivity index (χ0n) is 10.1. The minimum atomic E-state index is -0.135. The molecule has 1 N–H and O–H groups in total. The molecule has 0 aliphatic carbocycles. The summed E-state index contributed by atoms with van der Waals surface area (Å²) in [6, 6.07) is 3.86. The first-order valence-corrected chi connectivity index (χ1v) is 5.31. The van der Waals surface area contributed by atoms with E-state index >= 15 is 0 Å². The van der Waals surface area contributed by atoms with Crippen LogP contribution in [0, 0.1) is 13.8 Å². The Kier molecular flexibility index (Phi) is 2.95. The molecule has 17 heavy (non-hydrogen) atoms. The number of nitrogens with zero attached hydrogens (tertiary/aromatic N) is 1. The molecule has 1 aromatic carbocycles. The number of ether oxygens (including phenoxy) is 1. The largest absolute Gasteiger partial charge is 0.496 e. The number of rotatable bonds is 2. The van der Waals surface area contributed by atoms with Gasteiger partial charge in [-0.25, -0.2) is 4.98 Å². The number of aromatic nitrogens is 2. The highest BCUT2D eigenvalue weighted by molar-refractivity contribution is 5.65. The van der Waals surface area contributed by atoms with Gasteiger partial charge in [-0.05, 0) is 42.7 Å². The molecular formula is C13H14N2O2. The van der Waals surface area contributed by atoms with Gasteiger partial charge in [0.05, 0.1) is 19.0 Å². The van der Waals surface area contributed by atoms with Crippen molar-refractivity contribution in [3.8, 4) is 16.9 Å². The second-order valence-corrected chi connectivity index (χ2v) is 3.94. The summed E-state index contributed by atoms with van der Waals surface area (Å²) in [7, 11) is 1.64. The van der Waals surface area contributed by atoms with Crippen LogP contribution in [0.2, 0.25) is 0 Å². The maximum Gasteiger partial charge on any atom is 0.258 e. The van der Waals surface area contributed by atoms with Gasteiger partial charge in [0.25, 0.3) is 5.56 Å². The van der Waals surface area contributed by atoms with Crippen molar-refractivity contribution >= 4 is 0 Å². The summed E-state index contributed by atoms with van der Waals surface area (Å²) >= 11 is 0. The monoisotopic (exact) mass is 230 g/mol. The van der Waals surface area contributed by atoms with Crippen LogP contribution in [0.5, 0.6) is 5.75 Å². The smallest absolute Gasteiger partial charge is 0.258 e. The highest BCUT2D eigenvalue weighted by Gasteiger charge is 2.09. The lowest BCUT2D eigenvalue weighted by molar-refractivity contribution is 0.408. The van der Waals surface area contributed by atoms with Crippen LogP contribution in [0.15, 0.2) is 29.5 Å². The summed E-state index contributed by atoms with van der Waals surface area (Å²) in [6.07, 6.45) is 2.95. The zero-order valence-corrected chi connectivity index (χ0v) is 10.1. The summed E-state index contributed by atoms with van der Waals surface area (Å²) in [5, 5.41) is 0. The third kappa shape index (κ3) is 2.06. The molecule has 0 atom stereocenters. The van der Waals surface area contributed by atoms with E-state index in [9.17, 15) is 4.79 Å².